The molecule has 1 aliphatic rings. The van der Waals surface area contributed by atoms with Gasteiger partial charge in [0.25, 0.3) is 5.56 Å². The van der Waals surface area contributed by atoms with Gasteiger partial charge in [-0.1, -0.05) is 11.6 Å². The molecule has 1 aromatic carbocycles. The molecule has 11 nitrogen and oxygen atoms in total. The van der Waals surface area contributed by atoms with Gasteiger partial charge in [0.05, 0.1) is 19.0 Å². The van der Waals surface area contributed by atoms with Crippen molar-refractivity contribution in [1.29, 1.82) is 5.41 Å². The van der Waals surface area contributed by atoms with Crippen LogP contribution in [0.1, 0.15) is 18.4 Å². The molecule has 43 heavy (non-hydrogen) atoms. The fraction of sp³-hybridized carbons (Fsp3) is 0.250. The largest absolute Gasteiger partial charge is 0.495 e. The third-order valence-corrected chi connectivity index (χ3v) is 6.52. The first kappa shape index (κ1) is 31.3. The molecule has 3 aromatic rings. The Balaban J connectivity index is 1.76. The van der Waals surface area contributed by atoms with E-state index in [4.69, 9.17) is 30.9 Å². The molecule has 0 bridgehead atoms. The number of benzene rings is 1. The number of alkyl halides is 3. The first-order valence-electron chi connectivity index (χ1n) is 12.6. The van der Waals surface area contributed by atoms with Crippen LogP contribution in [0.25, 0.3) is 22.6 Å². The highest BCUT2D eigenvalue weighted by Gasteiger charge is 2.38. The van der Waals surface area contributed by atoms with Gasteiger partial charge in [-0.2, -0.15) is 13.2 Å². The van der Waals surface area contributed by atoms with E-state index in [1.807, 2.05) is 0 Å². The number of hydrogen-bond donors (Lipinski definition) is 3. The van der Waals surface area contributed by atoms with Gasteiger partial charge in [0.2, 0.25) is 11.8 Å². The van der Waals surface area contributed by atoms with Crippen LogP contribution in [0.2, 0.25) is 5.02 Å². The van der Waals surface area contributed by atoms with Gasteiger partial charge >= 0.3 is 12.1 Å². The maximum absolute atomic E-state index is 13.5. The van der Waals surface area contributed by atoms with Gasteiger partial charge in [0.15, 0.2) is 0 Å². The lowest BCUT2D eigenvalue weighted by molar-refractivity contribution is -0.157. The van der Waals surface area contributed by atoms with Crippen molar-refractivity contribution in [3.63, 3.8) is 0 Å². The minimum atomic E-state index is -4.86. The number of nitrogens with zero attached hydrogens (tertiary/aromatic N) is 3. The first-order valence-corrected chi connectivity index (χ1v) is 13.0. The van der Waals surface area contributed by atoms with Crippen LogP contribution in [-0.4, -0.2) is 54.3 Å². The fourth-order valence-electron chi connectivity index (χ4n) is 4.28. The van der Waals surface area contributed by atoms with Crippen molar-refractivity contribution in [2.24, 2.45) is 0 Å². The minimum absolute atomic E-state index is 0.0727. The Labute approximate surface area is 248 Å². The number of amides is 1. The Morgan fingerprint density at radius 3 is 2.60 bits per heavy atom. The molecule has 1 aliphatic carbocycles. The Hall–Kier alpha value is -4.69. The fourth-order valence-corrected chi connectivity index (χ4v) is 4.46. The van der Waals surface area contributed by atoms with Gasteiger partial charge in [0, 0.05) is 66.9 Å². The molecule has 3 N–H and O–H groups in total. The number of allylic oxidation sites excluding steroid dienone is 4. The Bertz CT molecular complexity index is 1690. The molecular formula is C28H26ClF3N6O5. The Morgan fingerprint density at radius 2 is 1.95 bits per heavy atom. The van der Waals surface area contributed by atoms with Crippen molar-refractivity contribution in [2.75, 3.05) is 27.9 Å². The highest BCUT2D eigenvalue weighted by Crippen LogP contribution is 2.39. The maximum atomic E-state index is 13.5. The summed E-state index contributed by atoms with van der Waals surface area (Å²) in [4.78, 5) is 27.0. The number of carbonyl (C=O) groups is 1. The molecule has 0 spiro atoms. The smallest absolute Gasteiger partial charge is 0.470 e. The average Bonchev–Trinajstić information content (AvgIpc) is 3.47. The number of nitrogens with one attached hydrogen (secondary N) is 3. The van der Waals surface area contributed by atoms with Gasteiger partial charge < -0.3 is 29.9 Å². The van der Waals surface area contributed by atoms with E-state index in [9.17, 15) is 22.8 Å². The molecule has 0 saturated carbocycles. The molecule has 226 valence electrons. The number of carbonyl (C=O) groups excluding carboxylic acids is 1. The van der Waals surface area contributed by atoms with Gasteiger partial charge in [-0.25, -0.2) is 0 Å². The molecule has 0 fully saturated rings. The summed E-state index contributed by atoms with van der Waals surface area (Å²) in [6.45, 7) is 0.135. The lowest BCUT2D eigenvalue weighted by Gasteiger charge is -2.22. The van der Waals surface area contributed by atoms with Gasteiger partial charge in [-0.3, -0.25) is 14.2 Å². The van der Waals surface area contributed by atoms with Crippen molar-refractivity contribution in [2.45, 2.75) is 18.6 Å². The number of hydrogen-bond acceptors (Lipinski definition) is 9. The number of aromatic nitrogens is 3. The molecule has 4 rings (SSSR count). The quantitative estimate of drug-likeness (QED) is 0.301. The zero-order valence-electron chi connectivity index (χ0n) is 23.1. The van der Waals surface area contributed by atoms with E-state index in [0.29, 0.717) is 11.3 Å². The highest BCUT2D eigenvalue weighted by molar-refractivity contribution is 6.31. The first-order chi connectivity index (χ1) is 20.5. The lowest BCUT2D eigenvalue weighted by Crippen LogP contribution is -2.37. The predicted molar refractivity (Wildman–Crippen MR) is 152 cm³/mol. The van der Waals surface area contributed by atoms with Crippen LogP contribution in [0, 0.1) is 5.41 Å². The Morgan fingerprint density at radius 1 is 1.19 bits per heavy atom. The number of ether oxygens (including phenoxy) is 2. The van der Waals surface area contributed by atoms with Crippen LogP contribution in [-0.2, 0) is 15.7 Å². The third-order valence-electron chi connectivity index (χ3n) is 6.29. The van der Waals surface area contributed by atoms with E-state index in [2.05, 4.69) is 20.8 Å². The van der Waals surface area contributed by atoms with Crippen LogP contribution >= 0.6 is 11.6 Å². The van der Waals surface area contributed by atoms with E-state index in [0.717, 1.165) is 0 Å². The summed E-state index contributed by atoms with van der Waals surface area (Å²) in [7, 11) is 4.47. The zero-order valence-corrected chi connectivity index (χ0v) is 23.8. The molecule has 0 aliphatic heterocycles. The summed E-state index contributed by atoms with van der Waals surface area (Å²) >= 11 is 6.21. The second kappa shape index (κ2) is 13.1. The molecule has 0 unspecified atom stereocenters. The number of rotatable bonds is 10. The molecule has 0 saturated heterocycles. The molecule has 2 aromatic heterocycles. The van der Waals surface area contributed by atoms with Crippen molar-refractivity contribution >= 4 is 23.2 Å². The van der Waals surface area contributed by atoms with Crippen LogP contribution in [0.3, 0.4) is 0 Å². The molecule has 0 radical (unpaired) electrons. The van der Waals surface area contributed by atoms with Gasteiger partial charge in [-0.05, 0) is 42.0 Å². The van der Waals surface area contributed by atoms with E-state index in [1.54, 1.807) is 25.4 Å². The molecule has 2 heterocycles. The van der Waals surface area contributed by atoms with E-state index in [1.165, 1.54) is 55.3 Å². The van der Waals surface area contributed by atoms with Crippen molar-refractivity contribution in [1.82, 2.24) is 25.4 Å². The highest BCUT2D eigenvalue weighted by atomic mass is 35.5. The number of pyridine rings is 1. The summed E-state index contributed by atoms with van der Waals surface area (Å²) in [6.07, 6.45) is 2.89. The van der Waals surface area contributed by atoms with Gasteiger partial charge in [0.1, 0.15) is 11.8 Å². The topological polar surface area (TPSA) is 144 Å². The molecule has 1 amide bonds. The van der Waals surface area contributed by atoms with E-state index < -0.39 is 35.5 Å². The van der Waals surface area contributed by atoms with E-state index >= 15 is 0 Å². The summed E-state index contributed by atoms with van der Waals surface area (Å²) in [5.41, 5.74) is 0.995. The lowest BCUT2D eigenvalue weighted by atomic mass is 9.99. The SMILES string of the molecule is CN/C=C1/C=C(NC(=O)[C@H](CCOC)n2cc(OC)c(-c3cc(Cl)ccc3-c3nnc(C(F)(F)F)o3)cc2=O)C=CC1=N. The van der Waals surface area contributed by atoms with Crippen molar-refractivity contribution < 1.29 is 31.9 Å². The third kappa shape index (κ3) is 7.04. The Kier molecular flexibility index (Phi) is 9.51. The maximum Gasteiger partial charge on any atom is 0.470 e. The zero-order chi connectivity index (χ0) is 31.3. The van der Waals surface area contributed by atoms with Crippen LogP contribution < -0.4 is 20.9 Å². The number of halogens is 4. The molecular weight excluding hydrogens is 593 g/mol. The molecule has 15 heteroatoms. The second-order valence-corrected chi connectivity index (χ2v) is 9.56. The van der Waals surface area contributed by atoms with Crippen molar-refractivity contribution in [3.05, 3.63) is 87.4 Å². The van der Waals surface area contributed by atoms with Gasteiger partial charge in [-0.15, -0.1) is 10.2 Å². The monoisotopic (exact) mass is 618 g/mol. The standard InChI is InChI=1S/C28H26ClF3N6O5/c1-34-13-15-10-17(5-7-21(15)33)35-25(40)22(8-9-41-2)38-14-23(42-3)20(12-24(38)39)19-11-16(29)4-6-18(19)26-36-37-27(43-26)28(30,31)32/h4-7,10-14,22,33-34H,8-9H2,1-3H3,(H,35,40)/b15-13-,33-21?/t22-/m0/s1. The molecule has 1 atom stereocenters. The summed E-state index contributed by atoms with van der Waals surface area (Å²) in [5, 5.41) is 20.4. The summed E-state index contributed by atoms with van der Waals surface area (Å²) in [6, 6.07) is 4.35. The average molecular weight is 619 g/mol. The minimum Gasteiger partial charge on any atom is -0.495 e. The van der Waals surface area contributed by atoms with Crippen LogP contribution in [0.5, 0.6) is 5.75 Å². The van der Waals surface area contributed by atoms with Crippen LogP contribution in [0.15, 0.2) is 75.4 Å². The number of methoxy groups -OCH3 is 2. The predicted octanol–water partition coefficient (Wildman–Crippen LogP) is 4.52. The normalized spacial score (nSPS) is 14.9. The van der Waals surface area contributed by atoms with Crippen molar-refractivity contribution in [3.8, 4) is 28.3 Å². The summed E-state index contributed by atoms with van der Waals surface area (Å²) < 4.78 is 56.1. The van der Waals surface area contributed by atoms with E-state index in [-0.39, 0.29) is 46.2 Å². The van der Waals surface area contributed by atoms with Crippen LogP contribution in [0.4, 0.5) is 13.2 Å². The second-order valence-electron chi connectivity index (χ2n) is 9.12. The summed E-state index contributed by atoms with van der Waals surface area (Å²) in [5.74, 6) is -2.41.